The molecule has 0 spiro atoms. The summed E-state index contributed by atoms with van der Waals surface area (Å²) in [4.78, 5) is 4.17. The van der Waals surface area contributed by atoms with Crippen LogP contribution in [0, 0.1) is 0 Å². The highest BCUT2D eigenvalue weighted by Gasteiger charge is 2.15. The second kappa shape index (κ2) is 6.31. The summed E-state index contributed by atoms with van der Waals surface area (Å²) in [6, 6.07) is 2.67. The number of ether oxygens (including phenoxy) is 1. The molecule has 0 bridgehead atoms. The summed E-state index contributed by atoms with van der Waals surface area (Å²) in [6.45, 7) is 7.69. The van der Waals surface area contributed by atoms with Gasteiger partial charge in [0.25, 0.3) is 0 Å². The topological polar surface area (TPSA) is 86.2 Å². The third-order valence-electron chi connectivity index (χ3n) is 3.16. The van der Waals surface area contributed by atoms with Gasteiger partial charge in [0, 0.05) is 20.2 Å². The van der Waals surface area contributed by atoms with E-state index in [0.29, 0.717) is 29.0 Å². The number of halogens is 1. The van der Waals surface area contributed by atoms with Crippen LogP contribution < -0.4 is 5.73 Å². The van der Waals surface area contributed by atoms with Gasteiger partial charge in [-0.2, -0.15) is 5.10 Å². The minimum Gasteiger partial charge on any atom is -0.392 e. The molecule has 116 valence electrons. The number of pyridine rings is 1. The van der Waals surface area contributed by atoms with Crippen molar-refractivity contribution < 1.29 is 9.84 Å². The molecule has 0 saturated heterocycles. The van der Waals surface area contributed by atoms with Crippen molar-refractivity contribution >= 4 is 36.5 Å². The van der Waals surface area contributed by atoms with Crippen molar-refractivity contribution in [2.75, 3.05) is 12.3 Å². The van der Waals surface area contributed by atoms with Crippen molar-refractivity contribution in [1.29, 1.82) is 0 Å². The highest BCUT2D eigenvalue weighted by Crippen LogP contribution is 2.25. The third-order valence-corrected chi connectivity index (χ3v) is 5.06. The molecule has 2 aromatic rings. The molecule has 21 heavy (non-hydrogen) atoms. The number of aliphatic hydroxyl groups excluding tert-OH is 1. The molecule has 2 rings (SSSR count). The lowest BCUT2D eigenvalue weighted by Gasteiger charge is -2.15. The largest absolute Gasteiger partial charge is 0.392 e. The first-order valence-electron chi connectivity index (χ1n) is 6.82. The molecule has 2 aromatic heterocycles. The van der Waals surface area contributed by atoms with Gasteiger partial charge in [0.2, 0.25) is 0 Å². The van der Waals surface area contributed by atoms with Crippen molar-refractivity contribution in [2.24, 2.45) is 0 Å². The van der Waals surface area contributed by atoms with Crippen LogP contribution in [0.15, 0.2) is 6.07 Å². The molecule has 0 atom stereocenters. The fourth-order valence-corrected chi connectivity index (χ4v) is 2.86. The summed E-state index contributed by atoms with van der Waals surface area (Å²) in [6.07, 6.45) is 0. The van der Waals surface area contributed by atoms with Crippen molar-refractivity contribution in [1.82, 2.24) is 14.8 Å². The summed E-state index contributed by atoms with van der Waals surface area (Å²) >= 11 is 5.92. The third kappa shape index (κ3) is 3.94. The Kier molecular flexibility index (Phi) is 4.87. The molecule has 0 aliphatic rings. The highest BCUT2D eigenvalue weighted by molar-refractivity contribution is 6.76. The maximum atomic E-state index is 9.36. The summed E-state index contributed by atoms with van der Waals surface area (Å²) in [5, 5.41) is 14.0. The van der Waals surface area contributed by atoms with E-state index >= 15 is 0 Å². The molecular formula is C13H21ClN4O2Si. The number of anilines is 1. The van der Waals surface area contributed by atoms with Gasteiger partial charge in [0.15, 0.2) is 5.82 Å². The molecule has 0 aromatic carbocycles. The van der Waals surface area contributed by atoms with E-state index in [1.165, 1.54) is 0 Å². The summed E-state index contributed by atoms with van der Waals surface area (Å²) in [7, 11) is -1.11. The molecule has 0 fully saturated rings. The van der Waals surface area contributed by atoms with Gasteiger partial charge in [-0.3, -0.25) is 0 Å². The first-order chi connectivity index (χ1) is 9.81. The fraction of sp³-hybridized carbons (Fsp3) is 0.538. The lowest BCUT2D eigenvalue weighted by atomic mass is 10.2. The predicted molar refractivity (Wildman–Crippen MR) is 87.0 cm³/mol. The zero-order chi connectivity index (χ0) is 15.6. The van der Waals surface area contributed by atoms with Crippen LogP contribution in [0.2, 0.25) is 30.8 Å². The van der Waals surface area contributed by atoms with Gasteiger partial charge < -0.3 is 15.6 Å². The Morgan fingerprint density at radius 1 is 1.38 bits per heavy atom. The Hall–Kier alpha value is -1.15. The number of nitrogens with two attached hydrogens (primary N) is 1. The Morgan fingerprint density at radius 2 is 2.10 bits per heavy atom. The van der Waals surface area contributed by atoms with Crippen molar-refractivity contribution in [3.05, 3.63) is 16.8 Å². The van der Waals surface area contributed by atoms with Crippen molar-refractivity contribution in [3.8, 4) is 0 Å². The van der Waals surface area contributed by atoms with Gasteiger partial charge in [-0.25, -0.2) is 9.67 Å². The lowest BCUT2D eigenvalue weighted by Crippen LogP contribution is -2.22. The van der Waals surface area contributed by atoms with Gasteiger partial charge >= 0.3 is 0 Å². The number of nitrogen functional groups attached to an aromatic ring is 1. The number of nitrogens with zero attached hydrogens (tertiary/aromatic N) is 3. The molecule has 0 unspecified atom stereocenters. The maximum absolute atomic E-state index is 9.36. The highest BCUT2D eigenvalue weighted by atomic mass is 35.5. The van der Waals surface area contributed by atoms with Crippen LogP contribution in [0.1, 0.15) is 5.56 Å². The molecule has 6 nitrogen and oxygen atoms in total. The summed E-state index contributed by atoms with van der Waals surface area (Å²) in [5.74, 6) is 0.398. The van der Waals surface area contributed by atoms with Crippen LogP contribution in [-0.4, -0.2) is 34.6 Å². The van der Waals surface area contributed by atoms with E-state index in [1.807, 2.05) is 0 Å². The Balaban J connectivity index is 2.16. The average molecular weight is 329 g/mol. The van der Waals surface area contributed by atoms with Gasteiger partial charge in [0.1, 0.15) is 22.9 Å². The minimum atomic E-state index is -1.11. The van der Waals surface area contributed by atoms with Crippen LogP contribution in [0.3, 0.4) is 0 Å². The number of aromatic nitrogens is 3. The summed E-state index contributed by atoms with van der Waals surface area (Å²) < 4.78 is 7.19. The number of hydrogen-bond donors (Lipinski definition) is 2. The molecule has 0 saturated carbocycles. The first kappa shape index (κ1) is 16.2. The first-order valence-corrected chi connectivity index (χ1v) is 10.9. The van der Waals surface area contributed by atoms with Crippen molar-refractivity contribution in [3.63, 3.8) is 0 Å². The molecule has 0 radical (unpaired) electrons. The Bertz CT molecular complexity index is 639. The summed E-state index contributed by atoms with van der Waals surface area (Å²) in [5.41, 5.74) is 7.70. The standard InChI is InChI=1S/C13H21ClN4O2Si/c1-21(2,3)5-4-20-8-18-13(15)12-11(17-18)9(7-19)6-10(14)16-12/h6,19H,4-5,7-8,15H2,1-3H3. The monoisotopic (exact) mass is 328 g/mol. The maximum Gasteiger partial charge on any atom is 0.151 e. The van der Waals surface area contributed by atoms with Crippen LogP contribution in [0.4, 0.5) is 5.82 Å². The molecule has 3 N–H and O–H groups in total. The smallest absolute Gasteiger partial charge is 0.151 e. The van der Waals surface area contributed by atoms with Crippen LogP contribution in [0.5, 0.6) is 0 Å². The zero-order valence-corrected chi connectivity index (χ0v) is 14.3. The van der Waals surface area contributed by atoms with E-state index in [1.54, 1.807) is 10.7 Å². The Labute approximate surface area is 129 Å². The van der Waals surface area contributed by atoms with E-state index in [-0.39, 0.29) is 18.5 Å². The van der Waals surface area contributed by atoms with E-state index in [4.69, 9.17) is 22.1 Å². The van der Waals surface area contributed by atoms with E-state index in [9.17, 15) is 5.11 Å². The predicted octanol–water partition coefficient (Wildman–Crippen LogP) is 2.47. The van der Waals surface area contributed by atoms with Gasteiger partial charge in [-0.15, -0.1) is 0 Å². The van der Waals surface area contributed by atoms with Gasteiger partial charge in [-0.1, -0.05) is 31.2 Å². The molecule has 8 heteroatoms. The second-order valence-corrected chi connectivity index (χ2v) is 12.2. The minimum absolute atomic E-state index is 0.161. The SMILES string of the molecule is C[Si](C)(C)CCOCn1nc2c(CO)cc(Cl)nc2c1N. The quantitative estimate of drug-likeness (QED) is 0.483. The van der Waals surface area contributed by atoms with Crippen molar-refractivity contribution in [2.45, 2.75) is 39.0 Å². The Morgan fingerprint density at radius 3 is 2.71 bits per heavy atom. The molecular weight excluding hydrogens is 308 g/mol. The number of fused-ring (bicyclic) bond motifs is 1. The van der Waals surface area contributed by atoms with E-state index < -0.39 is 8.07 Å². The second-order valence-electron chi connectivity index (χ2n) is 6.19. The fourth-order valence-electron chi connectivity index (χ4n) is 1.89. The number of rotatable bonds is 6. The zero-order valence-electron chi connectivity index (χ0n) is 12.6. The normalized spacial score (nSPS) is 12.2. The van der Waals surface area contributed by atoms with E-state index in [2.05, 4.69) is 29.7 Å². The molecule has 0 aliphatic carbocycles. The number of hydrogen-bond acceptors (Lipinski definition) is 5. The average Bonchev–Trinajstić information content (AvgIpc) is 2.70. The van der Waals surface area contributed by atoms with Crippen LogP contribution in [-0.2, 0) is 18.1 Å². The van der Waals surface area contributed by atoms with Gasteiger partial charge in [-0.05, 0) is 12.1 Å². The van der Waals surface area contributed by atoms with Crippen LogP contribution >= 0.6 is 11.6 Å². The molecule has 0 aliphatic heterocycles. The molecule has 2 heterocycles. The lowest BCUT2D eigenvalue weighted by molar-refractivity contribution is 0.0806. The number of aliphatic hydroxyl groups is 1. The van der Waals surface area contributed by atoms with Gasteiger partial charge in [0.05, 0.1) is 6.61 Å². The van der Waals surface area contributed by atoms with Crippen LogP contribution in [0.25, 0.3) is 11.0 Å². The molecule has 0 amide bonds. The van der Waals surface area contributed by atoms with E-state index in [0.717, 1.165) is 6.04 Å².